The molecule has 9 rings (SSSR count). The third-order valence-corrected chi connectivity index (χ3v) is 18.5. The van der Waals surface area contributed by atoms with Crippen molar-refractivity contribution >= 4 is 24.0 Å². The number of hydrogen-bond donors (Lipinski definition) is 5. The number of methoxy groups -OCH3 is 1. The van der Waals surface area contributed by atoms with Crippen molar-refractivity contribution in [2.24, 2.45) is 29.6 Å². The number of aliphatic carboxylic acids is 2. The fourth-order valence-corrected chi connectivity index (χ4v) is 12.5. The van der Waals surface area contributed by atoms with Crippen LogP contribution in [-0.2, 0) is 48.2 Å². The molecule has 3 fully saturated rings. The number of carboxylic acids is 2. The minimum atomic E-state index is -0.868. The first-order valence-corrected chi connectivity index (χ1v) is 29.1. The third-order valence-electron chi connectivity index (χ3n) is 18.5. The minimum Gasteiger partial charge on any atom is -0.508 e. The maximum absolute atomic E-state index is 12.4. The van der Waals surface area contributed by atoms with E-state index in [-0.39, 0.29) is 29.6 Å². The number of rotatable bonds is 17. The van der Waals surface area contributed by atoms with Crippen molar-refractivity contribution in [3.05, 3.63) is 203 Å². The van der Waals surface area contributed by atoms with Crippen molar-refractivity contribution < 1.29 is 46.1 Å². The quantitative estimate of drug-likeness (QED) is 0.0433. The van der Waals surface area contributed by atoms with E-state index in [1.807, 2.05) is 115 Å². The molecule has 0 spiro atoms. The Balaban J connectivity index is 0.000000199. The number of piperidine rings is 3. The molecule has 12 nitrogen and oxygen atoms in total. The lowest BCUT2D eigenvalue weighted by Gasteiger charge is -2.45. The number of carbonyl (C=O) groups excluding carboxylic acids is 1. The van der Waals surface area contributed by atoms with Gasteiger partial charge in [-0.25, -0.2) is 4.79 Å². The number of aromatic hydroxyl groups is 3. The van der Waals surface area contributed by atoms with E-state index in [4.69, 9.17) is 4.74 Å². The number of esters is 1. The predicted octanol–water partition coefficient (Wildman–Crippen LogP) is 12.4. The molecule has 6 aromatic rings. The second-order valence-electron chi connectivity index (χ2n) is 24.1. The molecular formula is C70H89N3O9. The standard InChI is InChI=1S/C24H31NO3.C23H29NO3.C23H27NO3.H2/c1-18-16-25(13-12-24(18,2)21-10-7-11-22(26)15-21)17-20(23(27)28-3)14-19-8-5-4-6-9-19;2*1-17-15-24(12-11-23(17,2)20-9-6-10-21(25)14-20)16-19(22(26)27)13-18-7-4-3-5-8-18;/h4-11,15,18,20,26H,12-14,16-17H2,1-3H3;3-10,14,17,19,25H,11-13,15-16H2,1-2H3,(H,26,27);3-10,13-14,17,25H,11-12,15-16H2,1-2H3,(H,26,27);1H/b;;19-13+;/t18-,20-,24+;17-,19-,23+;17-,23+;/m000./s1. The number of phenolic OH excluding ortho intramolecular Hbond substituents is 3. The van der Waals surface area contributed by atoms with Crippen LogP contribution in [0.5, 0.6) is 17.2 Å². The van der Waals surface area contributed by atoms with Crippen molar-refractivity contribution in [2.45, 2.75) is 89.9 Å². The molecule has 0 radical (unpaired) electrons. The van der Waals surface area contributed by atoms with Crippen LogP contribution in [0.4, 0.5) is 0 Å². The Morgan fingerprint density at radius 1 is 0.537 bits per heavy atom. The number of ether oxygens (including phenoxy) is 1. The van der Waals surface area contributed by atoms with E-state index in [0.717, 1.165) is 86.3 Å². The third kappa shape index (κ3) is 16.5. The lowest BCUT2D eigenvalue weighted by molar-refractivity contribution is -0.146. The van der Waals surface area contributed by atoms with E-state index in [1.54, 1.807) is 24.3 Å². The molecule has 3 aliphatic rings. The van der Waals surface area contributed by atoms with Crippen LogP contribution in [0, 0.1) is 29.6 Å². The molecule has 3 aliphatic heterocycles. The zero-order valence-electron chi connectivity index (χ0n) is 49.2. The fraction of sp³-hybridized carbons (Fsp3) is 0.414. The summed E-state index contributed by atoms with van der Waals surface area (Å²) in [6.07, 6.45) is 5.89. The van der Waals surface area contributed by atoms with Crippen molar-refractivity contribution in [1.29, 1.82) is 0 Å². The van der Waals surface area contributed by atoms with Gasteiger partial charge in [0.05, 0.1) is 24.5 Å². The van der Waals surface area contributed by atoms with E-state index in [1.165, 1.54) is 12.7 Å². The van der Waals surface area contributed by atoms with Crippen LogP contribution in [0.25, 0.3) is 6.08 Å². The minimum absolute atomic E-state index is 0. The van der Waals surface area contributed by atoms with Gasteiger partial charge in [0.2, 0.25) is 0 Å². The summed E-state index contributed by atoms with van der Waals surface area (Å²) in [6, 6.07) is 52.3. The number of benzene rings is 6. The zero-order chi connectivity index (χ0) is 59.0. The monoisotopic (exact) mass is 1120 g/mol. The topological polar surface area (TPSA) is 171 Å². The highest BCUT2D eigenvalue weighted by atomic mass is 16.5. The number of carboxylic acid groups (broad SMARTS) is 2. The lowest BCUT2D eigenvalue weighted by Crippen LogP contribution is -2.49. The highest BCUT2D eigenvalue weighted by Crippen LogP contribution is 2.43. The van der Waals surface area contributed by atoms with Crippen LogP contribution in [0.2, 0.25) is 0 Å². The molecular weight excluding hydrogens is 1030 g/mol. The van der Waals surface area contributed by atoms with E-state index in [9.17, 15) is 39.9 Å². The van der Waals surface area contributed by atoms with Gasteiger partial charge in [0, 0.05) is 40.7 Å². The number of carbonyl (C=O) groups is 3. The van der Waals surface area contributed by atoms with Crippen molar-refractivity contribution in [1.82, 2.24) is 14.7 Å². The Bertz CT molecular complexity index is 3050. The van der Waals surface area contributed by atoms with Gasteiger partial charge in [-0.05, 0) is 162 Å². The molecule has 5 N–H and O–H groups in total. The number of likely N-dealkylation sites (tertiary alicyclic amines) is 3. The Morgan fingerprint density at radius 3 is 1.27 bits per heavy atom. The number of phenols is 3. The highest BCUT2D eigenvalue weighted by molar-refractivity contribution is 5.92. The van der Waals surface area contributed by atoms with Crippen LogP contribution in [0.1, 0.15) is 95.6 Å². The maximum atomic E-state index is 12.4. The fourth-order valence-electron chi connectivity index (χ4n) is 12.5. The van der Waals surface area contributed by atoms with Crippen LogP contribution in [-0.4, -0.2) is 124 Å². The predicted molar refractivity (Wildman–Crippen MR) is 328 cm³/mol. The van der Waals surface area contributed by atoms with Crippen LogP contribution in [0.15, 0.2) is 169 Å². The average Bonchev–Trinajstić information content (AvgIpc) is 3.67. The Kier molecular flexibility index (Phi) is 21.8. The molecule has 0 bridgehead atoms. The molecule has 0 saturated carbocycles. The van der Waals surface area contributed by atoms with E-state index in [0.29, 0.717) is 73.1 Å². The first kappa shape index (κ1) is 62.4. The van der Waals surface area contributed by atoms with E-state index < -0.39 is 17.9 Å². The first-order chi connectivity index (χ1) is 39.2. The number of nitrogens with zero attached hydrogens (tertiary/aromatic N) is 3. The maximum Gasteiger partial charge on any atom is 0.332 e. The highest BCUT2D eigenvalue weighted by Gasteiger charge is 2.42. The van der Waals surface area contributed by atoms with Crippen molar-refractivity contribution in [2.75, 3.05) is 66.0 Å². The Hall–Kier alpha value is -7.25. The van der Waals surface area contributed by atoms with Gasteiger partial charge < -0.3 is 40.1 Å². The molecule has 0 aliphatic carbocycles. The molecule has 0 aromatic heterocycles. The summed E-state index contributed by atoms with van der Waals surface area (Å²) in [5, 5.41) is 48.9. The van der Waals surface area contributed by atoms with Gasteiger partial charge in [-0.2, -0.15) is 0 Å². The molecule has 12 heteroatoms. The molecule has 3 saturated heterocycles. The van der Waals surface area contributed by atoms with E-state index >= 15 is 0 Å². The molecule has 0 amide bonds. The summed E-state index contributed by atoms with van der Waals surface area (Å²) in [5.74, 6) is -0.244. The molecule has 438 valence electrons. The Morgan fingerprint density at radius 2 is 0.902 bits per heavy atom. The van der Waals surface area contributed by atoms with Gasteiger partial charge in [-0.1, -0.05) is 169 Å². The van der Waals surface area contributed by atoms with Gasteiger partial charge in [0.15, 0.2) is 0 Å². The van der Waals surface area contributed by atoms with Gasteiger partial charge in [0.1, 0.15) is 17.2 Å². The summed E-state index contributed by atoms with van der Waals surface area (Å²) in [4.78, 5) is 42.8. The van der Waals surface area contributed by atoms with Crippen LogP contribution < -0.4 is 0 Å². The second kappa shape index (κ2) is 28.6. The summed E-state index contributed by atoms with van der Waals surface area (Å²) in [6.45, 7) is 20.4. The van der Waals surface area contributed by atoms with Gasteiger partial charge in [-0.3, -0.25) is 14.5 Å². The SMILES string of the molecule is COC(=O)[C@@H](Cc1ccccc1)CN1CC[C@@](C)(c2cccc(O)c2)[C@@H](C)C1.C[C@H]1CN(C/C(=C\c2ccccc2)C(=O)O)CC[C@@]1(C)c1cccc(O)c1.C[C@H]1CN(C[C@H](Cc2ccccc2)C(=O)O)CC[C@@]1(C)c1cccc(O)c1.[HH]. The van der Waals surface area contributed by atoms with E-state index in [2.05, 4.69) is 86.6 Å². The molecule has 82 heavy (non-hydrogen) atoms. The van der Waals surface area contributed by atoms with Crippen LogP contribution in [0.3, 0.4) is 0 Å². The van der Waals surface area contributed by atoms with Crippen molar-refractivity contribution in [3.63, 3.8) is 0 Å². The molecule has 6 aromatic carbocycles. The smallest absolute Gasteiger partial charge is 0.332 e. The summed E-state index contributed by atoms with van der Waals surface area (Å²) >= 11 is 0. The molecule has 0 unspecified atom stereocenters. The van der Waals surface area contributed by atoms with Crippen molar-refractivity contribution in [3.8, 4) is 17.2 Å². The van der Waals surface area contributed by atoms with Gasteiger partial charge in [-0.15, -0.1) is 0 Å². The number of hydrogen-bond acceptors (Lipinski definition) is 10. The summed E-state index contributed by atoms with van der Waals surface area (Å²) in [7, 11) is 1.47. The zero-order valence-corrected chi connectivity index (χ0v) is 49.2. The Labute approximate surface area is 488 Å². The van der Waals surface area contributed by atoms with Gasteiger partial charge >= 0.3 is 17.9 Å². The second-order valence-corrected chi connectivity index (χ2v) is 24.1. The molecule has 8 atom stereocenters. The normalized spacial score (nSPS) is 24.1. The average molecular weight is 1120 g/mol. The molecule has 3 heterocycles. The summed E-state index contributed by atoms with van der Waals surface area (Å²) < 4.78 is 5.08. The van der Waals surface area contributed by atoms with Crippen LogP contribution >= 0.6 is 0 Å². The first-order valence-electron chi connectivity index (χ1n) is 29.1. The van der Waals surface area contributed by atoms with Gasteiger partial charge in [0.25, 0.3) is 0 Å². The largest absolute Gasteiger partial charge is 0.508 e. The lowest BCUT2D eigenvalue weighted by atomic mass is 9.68. The summed E-state index contributed by atoms with van der Waals surface area (Å²) in [5.41, 5.74) is 7.03.